The van der Waals surface area contributed by atoms with Crippen molar-refractivity contribution in [2.24, 2.45) is 7.05 Å². The number of rotatable bonds is 0. The third-order valence-corrected chi connectivity index (χ3v) is 8.81. The van der Waals surface area contributed by atoms with Gasteiger partial charge in [-0.25, -0.2) is 0 Å². The number of fused-ring (bicyclic) bond motifs is 9. The number of allylic oxidation sites excluding steroid dienone is 3. The predicted octanol–water partition coefficient (Wildman–Crippen LogP) is 7.38. The maximum absolute atomic E-state index is 2.44. The SMILES string of the molecule is Cn1c2cc3c(cc2c2cc4sc5ccccc5c4cc21)SC1C=CC=CC31. The van der Waals surface area contributed by atoms with Crippen LogP contribution in [-0.2, 0) is 7.05 Å². The van der Waals surface area contributed by atoms with Crippen LogP contribution in [0.5, 0.6) is 0 Å². The van der Waals surface area contributed by atoms with Crippen LogP contribution in [0.1, 0.15) is 11.5 Å². The summed E-state index contributed by atoms with van der Waals surface area (Å²) in [5.41, 5.74) is 4.16. The van der Waals surface area contributed by atoms with Crippen molar-refractivity contribution in [3.05, 3.63) is 78.4 Å². The first-order valence-corrected chi connectivity index (χ1v) is 11.4. The van der Waals surface area contributed by atoms with E-state index >= 15 is 0 Å². The molecule has 0 saturated heterocycles. The summed E-state index contributed by atoms with van der Waals surface area (Å²) in [6.45, 7) is 0. The molecule has 3 heteroatoms. The summed E-state index contributed by atoms with van der Waals surface area (Å²) >= 11 is 3.92. The van der Waals surface area contributed by atoms with Gasteiger partial charge in [-0.15, -0.1) is 23.1 Å². The van der Waals surface area contributed by atoms with Gasteiger partial charge in [-0.05, 0) is 35.9 Å². The number of aromatic nitrogens is 1. The molecule has 3 heterocycles. The fourth-order valence-electron chi connectivity index (χ4n) is 4.95. The van der Waals surface area contributed by atoms with E-state index in [9.17, 15) is 0 Å². The number of thioether (sulfide) groups is 1. The molecule has 0 amide bonds. The van der Waals surface area contributed by atoms with Crippen LogP contribution in [0.2, 0.25) is 0 Å². The van der Waals surface area contributed by atoms with Gasteiger partial charge in [0.2, 0.25) is 0 Å². The minimum absolute atomic E-state index is 0.514. The third-order valence-electron chi connectivity index (χ3n) is 6.34. The summed E-state index contributed by atoms with van der Waals surface area (Å²) < 4.78 is 5.14. The summed E-state index contributed by atoms with van der Waals surface area (Å²) in [7, 11) is 2.22. The highest BCUT2D eigenvalue weighted by molar-refractivity contribution is 8.00. The highest BCUT2D eigenvalue weighted by atomic mass is 32.2. The van der Waals surface area contributed by atoms with Gasteiger partial charge < -0.3 is 4.57 Å². The largest absolute Gasteiger partial charge is 0.344 e. The van der Waals surface area contributed by atoms with Crippen LogP contribution in [0.4, 0.5) is 0 Å². The Morgan fingerprint density at radius 3 is 2.57 bits per heavy atom. The van der Waals surface area contributed by atoms with E-state index in [-0.39, 0.29) is 0 Å². The minimum Gasteiger partial charge on any atom is -0.344 e. The van der Waals surface area contributed by atoms with Crippen LogP contribution in [0, 0.1) is 0 Å². The first-order valence-electron chi connectivity index (χ1n) is 9.67. The third kappa shape index (κ3) is 1.88. The van der Waals surface area contributed by atoms with Crippen molar-refractivity contribution in [2.75, 3.05) is 0 Å². The molecule has 1 nitrogen and oxygen atoms in total. The lowest BCUT2D eigenvalue weighted by atomic mass is 9.92. The Morgan fingerprint density at radius 1 is 0.786 bits per heavy atom. The Morgan fingerprint density at radius 2 is 1.61 bits per heavy atom. The van der Waals surface area contributed by atoms with Gasteiger partial charge in [-0.1, -0.05) is 42.5 Å². The fraction of sp³-hybridized carbons (Fsp3) is 0.120. The smallest absolute Gasteiger partial charge is 0.0495 e. The highest BCUT2D eigenvalue weighted by Crippen LogP contribution is 2.50. The molecular weight excluding hydrogens is 378 g/mol. The van der Waals surface area contributed by atoms with Crippen LogP contribution in [0.3, 0.4) is 0 Å². The van der Waals surface area contributed by atoms with Crippen molar-refractivity contribution in [2.45, 2.75) is 16.1 Å². The summed E-state index contributed by atoms with van der Waals surface area (Å²) in [4.78, 5) is 1.45. The molecule has 0 radical (unpaired) electrons. The summed E-state index contributed by atoms with van der Waals surface area (Å²) in [6.07, 6.45) is 9.09. The molecule has 28 heavy (non-hydrogen) atoms. The Kier molecular flexibility index (Phi) is 2.93. The topological polar surface area (TPSA) is 4.93 Å². The number of aryl methyl sites for hydroxylation is 1. The maximum Gasteiger partial charge on any atom is 0.0495 e. The van der Waals surface area contributed by atoms with Crippen LogP contribution in [0.15, 0.2) is 77.7 Å². The molecule has 5 aromatic rings. The summed E-state index contributed by atoms with van der Waals surface area (Å²) in [5.74, 6) is 0.514. The average Bonchev–Trinajstić information content (AvgIpc) is 3.35. The normalized spacial score (nSPS) is 20.6. The zero-order valence-electron chi connectivity index (χ0n) is 15.3. The van der Waals surface area contributed by atoms with Gasteiger partial charge in [0.1, 0.15) is 0 Å². The van der Waals surface area contributed by atoms with Crippen LogP contribution in [0.25, 0.3) is 42.0 Å². The van der Waals surface area contributed by atoms with Crippen molar-refractivity contribution in [3.63, 3.8) is 0 Å². The zero-order valence-corrected chi connectivity index (χ0v) is 17.0. The monoisotopic (exact) mass is 395 g/mol. The van der Waals surface area contributed by atoms with Crippen molar-refractivity contribution in [3.8, 4) is 0 Å². The molecule has 3 aromatic carbocycles. The van der Waals surface area contributed by atoms with E-state index in [1.54, 1.807) is 0 Å². The Hall–Kier alpha value is -2.49. The maximum atomic E-state index is 2.44. The van der Waals surface area contributed by atoms with Gasteiger partial charge in [0.15, 0.2) is 0 Å². The van der Waals surface area contributed by atoms with Crippen LogP contribution < -0.4 is 0 Å². The molecule has 1 aliphatic heterocycles. The molecule has 1 aliphatic carbocycles. The molecule has 2 unspecified atom stereocenters. The molecule has 0 N–H and O–H groups in total. The highest BCUT2D eigenvalue weighted by Gasteiger charge is 2.32. The van der Waals surface area contributed by atoms with E-state index in [0.717, 1.165) is 0 Å². The van der Waals surface area contributed by atoms with Crippen LogP contribution >= 0.6 is 23.1 Å². The lowest BCUT2D eigenvalue weighted by Gasteiger charge is -2.14. The fourth-order valence-corrected chi connectivity index (χ4v) is 7.44. The second kappa shape index (κ2) is 5.31. The van der Waals surface area contributed by atoms with E-state index < -0.39 is 0 Å². The van der Waals surface area contributed by atoms with Gasteiger partial charge in [-0.3, -0.25) is 0 Å². The van der Waals surface area contributed by atoms with Gasteiger partial charge in [0.25, 0.3) is 0 Å². The Bertz CT molecular complexity index is 1510. The molecule has 134 valence electrons. The van der Waals surface area contributed by atoms with E-state index in [4.69, 9.17) is 0 Å². The lowest BCUT2D eigenvalue weighted by molar-refractivity contribution is 0.880. The van der Waals surface area contributed by atoms with Crippen molar-refractivity contribution >= 4 is 65.1 Å². The Labute approximate surface area is 171 Å². The number of thiophene rings is 1. The minimum atomic E-state index is 0.514. The van der Waals surface area contributed by atoms with Gasteiger partial charge >= 0.3 is 0 Å². The first-order chi connectivity index (χ1) is 13.8. The van der Waals surface area contributed by atoms with E-state index in [1.165, 1.54) is 52.4 Å². The molecule has 0 fully saturated rings. The number of nitrogens with zero attached hydrogens (tertiary/aromatic N) is 1. The molecule has 0 bridgehead atoms. The molecule has 0 saturated carbocycles. The second-order valence-corrected chi connectivity index (χ2v) is 10.1. The molecule has 7 rings (SSSR count). The zero-order chi connectivity index (χ0) is 18.4. The number of benzene rings is 3. The van der Waals surface area contributed by atoms with E-state index in [2.05, 4.69) is 84.4 Å². The molecule has 2 aliphatic rings. The van der Waals surface area contributed by atoms with E-state index in [1.807, 2.05) is 23.1 Å². The van der Waals surface area contributed by atoms with Crippen molar-refractivity contribution < 1.29 is 0 Å². The summed E-state index contributed by atoms with van der Waals surface area (Å²) in [6, 6.07) is 18.4. The second-order valence-electron chi connectivity index (χ2n) is 7.81. The molecule has 2 atom stereocenters. The van der Waals surface area contributed by atoms with Gasteiger partial charge in [0.05, 0.1) is 0 Å². The molecular formula is C25H17NS2. The quantitative estimate of drug-likeness (QED) is 0.265. The first kappa shape index (κ1) is 15.4. The lowest BCUT2D eigenvalue weighted by Crippen LogP contribution is -2.06. The van der Waals surface area contributed by atoms with Gasteiger partial charge in [0, 0.05) is 65.1 Å². The average molecular weight is 396 g/mol. The standard InChI is InChI=1S/C25H17NS2/c1-26-20-10-18-14-6-2-4-8-22(14)27-24(18)12-16(20)17-13-25-19(11-21(17)26)15-7-3-5-9-23(15)28-25/h2-14,22H,1H3. The Balaban J connectivity index is 1.57. The van der Waals surface area contributed by atoms with E-state index in [0.29, 0.717) is 11.2 Å². The van der Waals surface area contributed by atoms with Crippen LogP contribution in [-0.4, -0.2) is 9.82 Å². The molecule has 0 spiro atoms. The van der Waals surface area contributed by atoms with Gasteiger partial charge in [-0.2, -0.15) is 0 Å². The number of hydrogen-bond donors (Lipinski definition) is 0. The molecule has 2 aromatic heterocycles. The number of hydrogen-bond acceptors (Lipinski definition) is 2. The predicted molar refractivity (Wildman–Crippen MR) is 124 cm³/mol. The summed E-state index contributed by atoms with van der Waals surface area (Å²) in [5, 5.41) is 6.06. The van der Waals surface area contributed by atoms with Crippen molar-refractivity contribution in [1.29, 1.82) is 0 Å². The van der Waals surface area contributed by atoms with Crippen molar-refractivity contribution in [1.82, 2.24) is 4.57 Å².